The van der Waals surface area contributed by atoms with Crippen LogP contribution in [0, 0.1) is 0 Å². The average Bonchev–Trinajstić information content (AvgIpc) is 3.04. The van der Waals surface area contributed by atoms with Crippen molar-refractivity contribution < 1.29 is 22.0 Å². The number of likely N-dealkylation sites (tertiary alicyclic amines) is 1. The molecule has 2 aromatic rings. The minimum atomic E-state index is -4.25. The Morgan fingerprint density at radius 3 is 2.23 bits per heavy atom. The topological polar surface area (TPSA) is 3.24 Å². The summed E-state index contributed by atoms with van der Waals surface area (Å²) in [6, 6.07) is 10.3. The molecule has 1 aromatic carbocycles. The highest BCUT2D eigenvalue weighted by Gasteiger charge is 2.37. The summed E-state index contributed by atoms with van der Waals surface area (Å²) in [6.45, 7) is 2.54. The van der Waals surface area contributed by atoms with Crippen molar-refractivity contribution in [3.05, 3.63) is 46.8 Å². The number of thiophene rings is 1. The molecule has 2 heterocycles. The molecule has 1 aliphatic heterocycles. The SMILES string of the molecule is C[C@H](c1ccc(-c2ccc(CN3CCC(F)(F)CC3)s2)cc1)C(F)(F)F. The predicted octanol–water partition coefficient (Wildman–Crippen LogP) is 6.31. The summed E-state index contributed by atoms with van der Waals surface area (Å²) in [5.74, 6) is -4.04. The minimum Gasteiger partial charge on any atom is -0.298 e. The van der Waals surface area contributed by atoms with E-state index in [2.05, 4.69) is 0 Å². The maximum Gasteiger partial charge on any atom is 0.395 e. The summed E-state index contributed by atoms with van der Waals surface area (Å²) in [5.41, 5.74) is 1.11. The van der Waals surface area contributed by atoms with Crippen LogP contribution in [0.1, 0.15) is 36.1 Å². The smallest absolute Gasteiger partial charge is 0.298 e. The second-order valence-electron chi connectivity index (χ2n) is 6.78. The number of alkyl halides is 5. The van der Waals surface area contributed by atoms with Crippen molar-refractivity contribution >= 4 is 11.3 Å². The van der Waals surface area contributed by atoms with Crippen molar-refractivity contribution in [2.45, 2.75) is 44.3 Å². The second kappa shape index (κ2) is 7.27. The first-order valence-corrected chi connectivity index (χ1v) is 9.32. The normalized spacial score (nSPS) is 19.5. The van der Waals surface area contributed by atoms with Crippen LogP contribution in [-0.4, -0.2) is 30.1 Å². The molecule has 0 aliphatic carbocycles. The van der Waals surface area contributed by atoms with Gasteiger partial charge in [0.25, 0.3) is 5.92 Å². The van der Waals surface area contributed by atoms with Crippen molar-refractivity contribution in [2.24, 2.45) is 0 Å². The van der Waals surface area contributed by atoms with Crippen LogP contribution >= 0.6 is 11.3 Å². The summed E-state index contributed by atoms with van der Waals surface area (Å²) in [7, 11) is 0. The Balaban J connectivity index is 1.64. The van der Waals surface area contributed by atoms with Gasteiger partial charge in [0.2, 0.25) is 0 Å². The lowest BCUT2D eigenvalue weighted by atomic mass is 9.99. The molecule has 1 saturated heterocycles. The standard InChI is InChI=1S/C19H20F5NS/c1-13(19(22,23)24)14-2-4-15(5-3-14)17-7-6-16(26-17)12-25-10-8-18(20,21)9-11-25/h2-7,13H,8-12H2,1H3/t13-/m1/s1. The number of benzene rings is 1. The van der Waals surface area contributed by atoms with Crippen LogP contribution in [0.2, 0.25) is 0 Å². The number of hydrogen-bond donors (Lipinski definition) is 0. The highest BCUT2D eigenvalue weighted by atomic mass is 32.1. The fourth-order valence-corrected chi connectivity index (χ4v) is 4.06. The lowest BCUT2D eigenvalue weighted by molar-refractivity contribution is -0.146. The van der Waals surface area contributed by atoms with E-state index in [1.54, 1.807) is 23.5 Å². The van der Waals surface area contributed by atoms with E-state index < -0.39 is 18.0 Å². The molecule has 26 heavy (non-hydrogen) atoms. The van der Waals surface area contributed by atoms with Gasteiger partial charge in [-0.05, 0) is 30.2 Å². The van der Waals surface area contributed by atoms with Gasteiger partial charge in [0.15, 0.2) is 0 Å². The molecule has 0 N–H and O–H groups in total. The third-order valence-corrected chi connectivity index (χ3v) is 5.93. The third kappa shape index (κ3) is 4.62. The second-order valence-corrected chi connectivity index (χ2v) is 7.95. The van der Waals surface area contributed by atoms with Crippen LogP contribution in [0.3, 0.4) is 0 Å². The van der Waals surface area contributed by atoms with E-state index in [4.69, 9.17) is 0 Å². The minimum absolute atomic E-state index is 0.107. The van der Waals surface area contributed by atoms with Crippen LogP contribution in [0.4, 0.5) is 22.0 Å². The number of piperidine rings is 1. The molecular weight excluding hydrogens is 369 g/mol. The first-order chi connectivity index (χ1) is 12.1. The highest BCUT2D eigenvalue weighted by Crippen LogP contribution is 2.36. The van der Waals surface area contributed by atoms with E-state index in [-0.39, 0.29) is 18.4 Å². The van der Waals surface area contributed by atoms with Gasteiger partial charge in [0, 0.05) is 42.2 Å². The Labute approximate surface area is 153 Å². The quantitative estimate of drug-likeness (QED) is 0.554. The van der Waals surface area contributed by atoms with E-state index >= 15 is 0 Å². The molecule has 0 spiro atoms. The Kier molecular flexibility index (Phi) is 5.40. The summed E-state index contributed by atoms with van der Waals surface area (Å²) in [6.07, 6.45) is -4.46. The van der Waals surface area contributed by atoms with E-state index in [1.807, 2.05) is 17.0 Å². The van der Waals surface area contributed by atoms with Gasteiger partial charge in [-0.15, -0.1) is 11.3 Å². The summed E-state index contributed by atoms with van der Waals surface area (Å²) in [4.78, 5) is 4.05. The Morgan fingerprint density at radius 1 is 1.04 bits per heavy atom. The average molecular weight is 389 g/mol. The van der Waals surface area contributed by atoms with Gasteiger partial charge in [-0.3, -0.25) is 4.90 Å². The zero-order chi connectivity index (χ0) is 18.9. The van der Waals surface area contributed by atoms with Crippen LogP contribution in [0.25, 0.3) is 10.4 Å². The van der Waals surface area contributed by atoms with Gasteiger partial charge in [0.1, 0.15) is 0 Å². The molecule has 1 fully saturated rings. The first-order valence-electron chi connectivity index (χ1n) is 8.50. The Morgan fingerprint density at radius 2 is 1.65 bits per heavy atom. The zero-order valence-corrected chi connectivity index (χ0v) is 15.1. The first kappa shape index (κ1) is 19.3. The number of rotatable bonds is 4. The molecule has 0 amide bonds. The summed E-state index contributed by atoms with van der Waals surface area (Å²) >= 11 is 1.55. The molecule has 7 heteroatoms. The maximum absolute atomic E-state index is 13.2. The van der Waals surface area contributed by atoms with Gasteiger partial charge in [-0.2, -0.15) is 13.2 Å². The molecule has 0 radical (unpaired) electrons. The monoisotopic (exact) mass is 389 g/mol. The van der Waals surface area contributed by atoms with Crippen LogP contribution < -0.4 is 0 Å². The molecule has 0 saturated carbocycles. The van der Waals surface area contributed by atoms with Gasteiger partial charge in [-0.25, -0.2) is 8.78 Å². The van der Waals surface area contributed by atoms with Gasteiger partial charge in [0.05, 0.1) is 5.92 Å². The molecule has 1 atom stereocenters. The Bertz CT molecular complexity index is 725. The zero-order valence-electron chi connectivity index (χ0n) is 14.3. The fraction of sp³-hybridized carbons (Fsp3) is 0.474. The molecule has 1 nitrogen and oxygen atoms in total. The number of hydrogen-bond acceptors (Lipinski definition) is 2. The Hall–Kier alpha value is -1.47. The van der Waals surface area contributed by atoms with E-state index in [9.17, 15) is 22.0 Å². The van der Waals surface area contributed by atoms with Crippen molar-refractivity contribution in [2.75, 3.05) is 13.1 Å². The lowest BCUT2D eigenvalue weighted by Crippen LogP contribution is -2.38. The molecule has 3 rings (SSSR count). The van der Waals surface area contributed by atoms with Gasteiger partial charge < -0.3 is 0 Å². The van der Waals surface area contributed by atoms with Crippen molar-refractivity contribution in [1.82, 2.24) is 4.90 Å². The van der Waals surface area contributed by atoms with E-state index in [0.29, 0.717) is 19.6 Å². The maximum atomic E-state index is 13.2. The van der Waals surface area contributed by atoms with Crippen LogP contribution in [-0.2, 0) is 6.54 Å². The molecule has 1 aromatic heterocycles. The number of nitrogens with zero attached hydrogens (tertiary/aromatic N) is 1. The van der Waals surface area contributed by atoms with Gasteiger partial charge >= 0.3 is 6.18 Å². The van der Waals surface area contributed by atoms with Crippen LogP contribution in [0.5, 0.6) is 0 Å². The molecule has 0 bridgehead atoms. The molecule has 142 valence electrons. The largest absolute Gasteiger partial charge is 0.395 e. The highest BCUT2D eigenvalue weighted by molar-refractivity contribution is 7.15. The van der Waals surface area contributed by atoms with Crippen LogP contribution in [0.15, 0.2) is 36.4 Å². The molecule has 0 unspecified atom stereocenters. The molecule has 1 aliphatic rings. The summed E-state index contributed by atoms with van der Waals surface area (Å²) in [5, 5.41) is 0. The molecular formula is C19H20F5NS. The van der Waals surface area contributed by atoms with E-state index in [1.165, 1.54) is 12.1 Å². The third-order valence-electron chi connectivity index (χ3n) is 4.81. The van der Waals surface area contributed by atoms with Gasteiger partial charge in [-0.1, -0.05) is 24.3 Å². The predicted molar refractivity (Wildman–Crippen MR) is 93.7 cm³/mol. The van der Waals surface area contributed by atoms with Crippen molar-refractivity contribution in [1.29, 1.82) is 0 Å². The number of halogens is 5. The van der Waals surface area contributed by atoms with Crippen molar-refractivity contribution in [3.8, 4) is 10.4 Å². The summed E-state index contributed by atoms with van der Waals surface area (Å²) < 4.78 is 64.8. The van der Waals surface area contributed by atoms with Crippen molar-refractivity contribution in [3.63, 3.8) is 0 Å². The van der Waals surface area contributed by atoms with E-state index in [0.717, 1.165) is 22.2 Å². The fourth-order valence-electron chi connectivity index (χ4n) is 3.00. The lowest BCUT2D eigenvalue weighted by Gasteiger charge is -2.31.